The van der Waals surface area contributed by atoms with E-state index in [1.54, 1.807) is 38.4 Å². The van der Waals surface area contributed by atoms with E-state index in [1.807, 2.05) is 30.3 Å². The van der Waals surface area contributed by atoms with Crippen LogP contribution in [0, 0.1) is 0 Å². The van der Waals surface area contributed by atoms with Crippen LogP contribution in [0.4, 0.5) is 0 Å². The van der Waals surface area contributed by atoms with Crippen LogP contribution in [0.15, 0.2) is 42.5 Å². The molecule has 1 aliphatic carbocycles. The zero-order chi connectivity index (χ0) is 25.9. The van der Waals surface area contributed by atoms with Crippen LogP contribution >= 0.6 is 11.6 Å². The second-order valence-electron chi connectivity index (χ2n) is 9.03. The molecule has 1 atom stereocenters. The Morgan fingerprint density at radius 3 is 2.19 bits per heavy atom. The number of hydrogen-bond donors (Lipinski definition) is 1. The summed E-state index contributed by atoms with van der Waals surface area (Å²) in [4.78, 5) is 28.4. The monoisotopic (exact) mass is 516 g/mol. The van der Waals surface area contributed by atoms with Crippen molar-refractivity contribution in [1.29, 1.82) is 0 Å². The van der Waals surface area contributed by atoms with Crippen molar-refractivity contribution in [3.05, 3.63) is 53.6 Å². The van der Waals surface area contributed by atoms with Crippen LogP contribution in [0.3, 0.4) is 0 Å². The van der Waals surface area contributed by atoms with Crippen molar-refractivity contribution in [1.82, 2.24) is 10.2 Å². The van der Waals surface area contributed by atoms with E-state index in [1.165, 1.54) is 12.8 Å². The van der Waals surface area contributed by atoms with Gasteiger partial charge in [0.15, 0.2) is 11.5 Å². The van der Waals surface area contributed by atoms with Crippen molar-refractivity contribution < 1.29 is 23.8 Å². The molecule has 7 nitrogen and oxygen atoms in total. The van der Waals surface area contributed by atoms with E-state index >= 15 is 0 Å². The maximum atomic E-state index is 13.7. The molecular formula is C28H37ClN2O5. The van der Waals surface area contributed by atoms with Gasteiger partial charge in [0.05, 0.1) is 21.3 Å². The molecule has 3 rings (SSSR count). The van der Waals surface area contributed by atoms with Crippen molar-refractivity contribution in [2.24, 2.45) is 0 Å². The van der Waals surface area contributed by atoms with Crippen LogP contribution in [0.5, 0.6) is 17.2 Å². The van der Waals surface area contributed by atoms with Gasteiger partial charge in [0.2, 0.25) is 11.8 Å². The lowest BCUT2D eigenvalue weighted by molar-refractivity contribution is -0.139. The van der Waals surface area contributed by atoms with Crippen LogP contribution in [0.2, 0.25) is 0 Å². The summed E-state index contributed by atoms with van der Waals surface area (Å²) in [7, 11) is 4.77. The van der Waals surface area contributed by atoms with Crippen molar-refractivity contribution in [2.45, 2.75) is 57.0 Å². The predicted molar refractivity (Wildman–Crippen MR) is 141 cm³/mol. The lowest BCUT2D eigenvalue weighted by atomic mass is 10.0. The van der Waals surface area contributed by atoms with E-state index in [4.69, 9.17) is 25.8 Å². The van der Waals surface area contributed by atoms with E-state index in [-0.39, 0.29) is 23.7 Å². The average Bonchev–Trinajstić information content (AvgIpc) is 3.19. The lowest BCUT2D eigenvalue weighted by Crippen LogP contribution is -2.47. The fourth-order valence-electron chi connectivity index (χ4n) is 4.72. The fourth-order valence-corrected chi connectivity index (χ4v) is 4.88. The number of nitrogens with one attached hydrogen (secondary N) is 1. The van der Waals surface area contributed by atoms with Crippen LogP contribution in [0.25, 0.3) is 0 Å². The number of methoxy groups -OCH3 is 3. The third-order valence-corrected chi connectivity index (χ3v) is 6.95. The Labute approximate surface area is 219 Å². The standard InChI is InChI=1S/C28H37ClN2O5/c1-34-23-13-11-21(12-14-23)27(28(33)30-22-8-6-4-5-7-9-22)31(26(32)19-29)17-16-20-10-15-24(35-2)25(18-20)36-3/h10-15,18,22,27H,4-9,16-17,19H2,1-3H3,(H,30,33)/t27-/m0/s1. The number of rotatable bonds is 11. The minimum atomic E-state index is -0.800. The van der Waals surface area contributed by atoms with Crippen LogP contribution in [-0.4, -0.2) is 56.5 Å². The molecule has 1 fully saturated rings. The van der Waals surface area contributed by atoms with Gasteiger partial charge < -0.3 is 24.4 Å². The number of ether oxygens (including phenoxy) is 3. The van der Waals surface area contributed by atoms with Gasteiger partial charge >= 0.3 is 0 Å². The second kappa shape index (κ2) is 14.0. The molecule has 2 amide bonds. The first-order chi connectivity index (χ1) is 17.5. The maximum Gasteiger partial charge on any atom is 0.247 e. The number of carbonyl (C=O) groups excluding carboxylic acids is 2. The number of carbonyl (C=O) groups is 2. The maximum absolute atomic E-state index is 13.7. The van der Waals surface area contributed by atoms with E-state index in [0.717, 1.165) is 31.2 Å². The second-order valence-corrected chi connectivity index (χ2v) is 9.30. The van der Waals surface area contributed by atoms with Gasteiger partial charge in [-0.2, -0.15) is 0 Å². The smallest absolute Gasteiger partial charge is 0.247 e. The van der Waals surface area contributed by atoms with Gasteiger partial charge in [-0.25, -0.2) is 0 Å². The number of nitrogens with zero attached hydrogens (tertiary/aromatic N) is 1. The summed E-state index contributed by atoms with van der Waals surface area (Å²) in [5.74, 6) is 1.24. The quantitative estimate of drug-likeness (QED) is 0.339. The summed E-state index contributed by atoms with van der Waals surface area (Å²) in [5.41, 5.74) is 1.67. The first-order valence-electron chi connectivity index (χ1n) is 12.5. The Morgan fingerprint density at radius 1 is 0.944 bits per heavy atom. The van der Waals surface area contributed by atoms with Crippen LogP contribution in [-0.2, 0) is 16.0 Å². The van der Waals surface area contributed by atoms with Crippen molar-refractivity contribution in [3.63, 3.8) is 0 Å². The fraction of sp³-hybridized carbons (Fsp3) is 0.500. The number of halogens is 1. The van der Waals surface area contributed by atoms with E-state index < -0.39 is 6.04 Å². The molecule has 1 N–H and O–H groups in total. The molecule has 0 spiro atoms. The molecule has 2 aromatic carbocycles. The average molecular weight is 517 g/mol. The molecule has 0 radical (unpaired) electrons. The summed E-state index contributed by atoms with van der Waals surface area (Å²) < 4.78 is 16.0. The molecule has 2 aromatic rings. The summed E-state index contributed by atoms with van der Waals surface area (Å²) in [6.45, 7) is 0.315. The van der Waals surface area contributed by atoms with Gasteiger partial charge in [-0.15, -0.1) is 11.6 Å². The summed E-state index contributed by atoms with van der Waals surface area (Å²) in [6.07, 6.45) is 7.01. The molecule has 36 heavy (non-hydrogen) atoms. The molecule has 196 valence electrons. The zero-order valence-electron chi connectivity index (χ0n) is 21.4. The Bertz CT molecular complexity index is 990. The molecule has 0 unspecified atom stereocenters. The van der Waals surface area contributed by atoms with E-state index in [0.29, 0.717) is 35.8 Å². The highest BCUT2D eigenvalue weighted by Crippen LogP contribution is 2.29. The molecule has 0 heterocycles. The first-order valence-corrected chi connectivity index (χ1v) is 13.0. The first kappa shape index (κ1) is 27.7. The van der Waals surface area contributed by atoms with Gasteiger partial charge in [-0.05, 0) is 54.7 Å². The minimum Gasteiger partial charge on any atom is -0.497 e. The molecular weight excluding hydrogens is 480 g/mol. The van der Waals surface area contributed by atoms with Crippen molar-refractivity contribution in [3.8, 4) is 17.2 Å². The van der Waals surface area contributed by atoms with Gasteiger partial charge in [0, 0.05) is 12.6 Å². The molecule has 0 aromatic heterocycles. The Morgan fingerprint density at radius 2 is 1.61 bits per heavy atom. The summed E-state index contributed by atoms with van der Waals surface area (Å²) in [6, 6.07) is 12.2. The Hall–Kier alpha value is -2.93. The normalized spacial score (nSPS) is 14.9. The minimum absolute atomic E-state index is 0.111. The largest absolute Gasteiger partial charge is 0.497 e. The molecule has 0 bridgehead atoms. The Balaban J connectivity index is 1.89. The lowest BCUT2D eigenvalue weighted by Gasteiger charge is -2.32. The third-order valence-electron chi connectivity index (χ3n) is 6.72. The number of benzene rings is 2. The molecule has 8 heteroatoms. The van der Waals surface area contributed by atoms with Gasteiger partial charge in [-0.1, -0.05) is 43.9 Å². The predicted octanol–water partition coefficient (Wildman–Crippen LogP) is 4.90. The number of alkyl halides is 1. The molecule has 0 saturated heterocycles. The SMILES string of the molecule is COc1ccc([C@@H](C(=O)NC2CCCCCC2)N(CCc2ccc(OC)c(OC)c2)C(=O)CCl)cc1. The summed E-state index contributed by atoms with van der Waals surface area (Å²) in [5, 5.41) is 3.23. The third kappa shape index (κ3) is 7.29. The highest BCUT2D eigenvalue weighted by Gasteiger charge is 2.32. The number of hydrogen-bond acceptors (Lipinski definition) is 5. The van der Waals surface area contributed by atoms with Gasteiger partial charge in [0.1, 0.15) is 17.7 Å². The zero-order valence-corrected chi connectivity index (χ0v) is 22.2. The summed E-state index contributed by atoms with van der Waals surface area (Å²) >= 11 is 6.03. The molecule has 0 aliphatic heterocycles. The van der Waals surface area contributed by atoms with E-state index in [2.05, 4.69) is 5.32 Å². The van der Waals surface area contributed by atoms with Gasteiger partial charge in [-0.3, -0.25) is 9.59 Å². The topological polar surface area (TPSA) is 77.1 Å². The Kier molecular flexibility index (Phi) is 10.7. The van der Waals surface area contributed by atoms with E-state index in [9.17, 15) is 9.59 Å². The van der Waals surface area contributed by atoms with Crippen LogP contribution in [0.1, 0.15) is 55.7 Å². The van der Waals surface area contributed by atoms with Crippen molar-refractivity contribution >= 4 is 23.4 Å². The number of amides is 2. The van der Waals surface area contributed by atoms with Crippen molar-refractivity contribution in [2.75, 3.05) is 33.8 Å². The van der Waals surface area contributed by atoms with Crippen LogP contribution < -0.4 is 19.5 Å². The van der Waals surface area contributed by atoms with Gasteiger partial charge in [0.25, 0.3) is 0 Å². The highest BCUT2D eigenvalue weighted by atomic mass is 35.5. The molecule has 1 aliphatic rings. The molecule has 1 saturated carbocycles. The highest BCUT2D eigenvalue weighted by molar-refractivity contribution is 6.27.